The Morgan fingerprint density at radius 3 is 2.25 bits per heavy atom. The molecule has 8 heteroatoms. The number of carbonyl (C=O) groups is 2. The summed E-state index contributed by atoms with van der Waals surface area (Å²) in [6.07, 6.45) is 3.20. The zero-order valence-corrected chi connectivity index (χ0v) is 18.2. The number of carbonyl (C=O) groups excluding carboxylic acids is 2. The Hall–Kier alpha value is -3.26. The molecule has 0 unspecified atom stereocenters. The van der Waals surface area contributed by atoms with Crippen molar-refractivity contribution in [2.24, 2.45) is 0 Å². The van der Waals surface area contributed by atoms with Gasteiger partial charge in [-0.1, -0.05) is 30.3 Å². The molecule has 1 fully saturated rings. The highest BCUT2D eigenvalue weighted by molar-refractivity contribution is 7.09. The van der Waals surface area contributed by atoms with Crippen LogP contribution in [0.3, 0.4) is 0 Å². The molecule has 0 bridgehead atoms. The van der Waals surface area contributed by atoms with Crippen molar-refractivity contribution < 1.29 is 18.7 Å². The molecular weight excluding hydrogens is 429 g/mol. The van der Waals surface area contributed by atoms with Crippen LogP contribution in [0.15, 0.2) is 60.0 Å². The number of thiazole rings is 1. The fourth-order valence-corrected chi connectivity index (χ4v) is 4.37. The van der Waals surface area contributed by atoms with Gasteiger partial charge in [0.2, 0.25) is 0 Å². The number of aromatic nitrogens is 1. The summed E-state index contributed by atoms with van der Waals surface area (Å²) >= 11 is 1.30. The molecule has 2 aromatic carbocycles. The van der Waals surface area contributed by atoms with Crippen molar-refractivity contribution in [1.82, 2.24) is 15.6 Å². The summed E-state index contributed by atoms with van der Waals surface area (Å²) in [6, 6.07) is 15.5. The molecule has 1 aliphatic carbocycles. The van der Waals surface area contributed by atoms with Gasteiger partial charge < -0.3 is 15.4 Å². The lowest BCUT2D eigenvalue weighted by atomic mass is 9.91. The fourth-order valence-electron chi connectivity index (χ4n) is 3.68. The number of ether oxygens (including phenoxy) is 1. The van der Waals surface area contributed by atoms with Crippen LogP contribution in [0.4, 0.5) is 4.39 Å². The Morgan fingerprint density at radius 1 is 0.938 bits per heavy atom. The minimum absolute atomic E-state index is 0.0483. The van der Waals surface area contributed by atoms with Gasteiger partial charge in [0, 0.05) is 23.0 Å². The number of nitrogens with one attached hydrogen (secondary N) is 2. The number of para-hydroxylation sites is 1. The quantitative estimate of drug-likeness (QED) is 0.558. The zero-order chi connectivity index (χ0) is 22.3. The van der Waals surface area contributed by atoms with Crippen molar-refractivity contribution >= 4 is 23.2 Å². The van der Waals surface area contributed by atoms with Gasteiger partial charge in [0.05, 0.1) is 0 Å². The lowest BCUT2D eigenvalue weighted by molar-refractivity contribution is 0.0889. The average molecular weight is 454 g/mol. The van der Waals surface area contributed by atoms with Crippen LogP contribution < -0.4 is 15.4 Å². The summed E-state index contributed by atoms with van der Waals surface area (Å²) in [4.78, 5) is 29.2. The number of hydrogen-bond donors (Lipinski definition) is 2. The second kappa shape index (κ2) is 10.4. The van der Waals surface area contributed by atoms with E-state index in [2.05, 4.69) is 15.6 Å². The molecule has 1 saturated carbocycles. The molecule has 2 amide bonds. The summed E-state index contributed by atoms with van der Waals surface area (Å²) in [5, 5.41) is 8.39. The van der Waals surface area contributed by atoms with Gasteiger partial charge in [0.1, 0.15) is 17.3 Å². The van der Waals surface area contributed by atoms with Gasteiger partial charge in [-0.15, -0.1) is 11.3 Å². The number of hydrogen-bond acceptors (Lipinski definition) is 5. The molecule has 0 spiro atoms. The van der Waals surface area contributed by atoms with E-state index in [1.165, 1.54) is 17.4 Å². The first-order valence-corrected chi connectivity index (χ1v) is 11.4. The third-order valence-electron chi connectivity index (χ3n) is 5.41. The molecule has 6 nitrogen and oxygen atoms in total. The van der Waals surface area contributed by atoms with E-state index >= 15 is 0 Å². The lowest BCUT2D eigenvalue weighted by Crippen LogP contribution is -2.43. The Balaban J connectivity index is 1.22. The van der Waals surface area contributed by atoms with Crippen molar-refractivity contribution in [2.75, 3.05) is 0 Å². The van der Waals surface area contributed by atoms with Gasteiger partial charge in [-0.2, -0.15) is 0 Å². The maximum atomic E-state index is 13.6. The second-order valence-electron chi connectivity index (χ2n) is 7.71. The highest BCUT2D eigenvalue weighted by Gasteiger charge is 2.25. The first-order valence-electron chi connectivity index (χ1n) is 10.6. The number of nitrogens with zero attached hydrogens (tertiary/aromatic N) is 1. The molecule has 1 aromatic heterocycles. The van der Waals surface area contributed by atoms with E-state index in [9.17, 15) is 14.0 Å². The van der Waals surface area contributed by atoms with Crippen molar-refractivity contribution in [3.05, 3.63) is 82.1 Å². The van der Waals surface area contributed by atoms with E-state index in [0.29, 0.717) is 16.3 Å². The van der Waals surface area contributed by atoms with Crippen molar-refractivity contribution in [3.8, 4) is 5.75 Å². The lowest BCUT2D eigenvalue weighted by Gasteiger charge is -2.29. The van der Waals surface area contributed by atoms with E-state index in [1.54, 1.807) is 35.7 Å². The van der Waals surface area contributed by atoms with Crippen LogP contribution in [0.5, 0.6) is 5.75 Å². The largest absolute Gasteiger partial charge is 0.483 e. The van der Waals surface area contributed by atoms with Crippen LogP contribution in [0.2, 0.25) is 0 Å². The van der Waals surface area contributed by atoms with Crippen LogP contribution in [-0.2, 0) is 6.61 Å². The Labute approximate surface area is 189 Å². The summed E-state index contributed by atoms with van der Waals surface area (Å²) in [7, 11) is 0. The van der Waals surface area contributed by atoms with Crippen molar-refractivity contribution in [1.29, 1.82) is 0 Å². The highest BCUT2D eigenvalue weighted by atomic mass is 32.1. The Morgan fingerprint density at radius 2 is 1.56 bits per heavy atom. The monoisotopic (exact) mass is 453 g/mol. The van der Waals surface area contributed by atoms with Gasteiger partial charge in [0.25, 0.3) is 11.8 Å². The maximum Gasteiger partial charge on any atom is 0.270 e. The summed E-state index contributed by atoms with van der Waals surface area (Å²) in [5.41, 5.74) is 0.989. The SMILES string of the molecule is O=C(NC1CCC(NC(=O)c2csc(COc3ccccc3F)n2)CC1)c1ccccc1. The van der Waals surface area contributed by atoms with Gasteiger partial charge in [-0.3, -0.25) is 9.59 Å². The van der Waals surface area contributed by atoms with Crippen molar-refractivity contribution in [2.45, 2.75) is 44.4 Å². The molecule has 166 valence electrons. The van der Waals surface area contributed by atoms with Crippen LogP contribution in [-0.4, -0.2) is 28.9 Å². The predicted molar refractivity (Wildman–Crippen MR) is 120 cm³/mol. The highest BCUT2D eigenvalue weighted by Crippen LogP contribution is 2.21. The molecular formula is C24H24FN3O3S. The Bertz CT molecular complexity index is 1070. The summed E-state index contributed by atoms with van der Waals surface area (Å²) in [6.45, 7) is 0.102. The summed E-state index contributed by atoms with van der Waals surface area (Å²) in [5.74, 6) is -0.566. The molecule has 1 heterocycles. The average Bonchev–Trinajstić information content (AvgIpc) is 3.30. The molecule has 32 heavy (non-hydrogen) atoms. The smallest absolute Gasteiger partial charge is 0.270 e. The molecule has 0 atom stereocenters. The predicted octanol–water partition coefficient (Wildman–Crippen LogP) is 4.33. The molecule has 1 aliphatic rings. The minimum atomic E-state index is -0.433. The molecule has 0 aliphatic heterocycles. The van der Waals surface area contributed by atoms with E-state index in [0.717, 1.165) is 25.7 Å². The van der Waals surface area contributed by atoms with Gasteiger partial charge >= 0.3 is 0 Å². The minimum Gasteiger partial charge on any atom is -0.483 e. The Kier molecular flexibility index (Phi) is 7.11. The number of halogens is 1. The van der Waals surface area contributed by atoms with Crippen LogP contribution in [0, 0.1) is 5.82 Å². The fraction of sp³-hybridized carbons (Fsp3) is 0.292. The number of benzene rings is 2. The van der Waals surface area contributed by atoms with Crippen LogP contribution >= 0.6 is 11.3 Å². The molecule has 0 radical (unpaired) electrons. The van der Waals surface area contributed by atoms with E-state index in [1.807, 2.05) is 18.2 Å². The third kappa shape index (κ3) is 5.70. The topological polar surface area (TPSA) is 80.3 Å². The zero-order valence-electron chi connectivity index (χ0n) is 17.4. The van der Waals surface area contributed by atoms with Gasteiger partial charge in [-0.25, -0.2) is 9.37 Å². The number of rotatable bonds is 7. The van der Waals surface area contributed by atoms with E-state index in [-0.39, 0.29) is 36.3 Å². The third-order valence-corrected chi connectivity index (χ3v) is 6.23. The molecule has 4 rings (SSSR count). The van der Waals surface area contributed by atoms with Gasteiger partial charge in [0.15, 0.2) is 11.6 Å². The van der Waals surface area contributed by atoms with E-state index in [4.69, 9.17) is 4.74 Å². The van der Waals surface area contributed by atoms with Crippen LogP contribution in [0.25, 0.3) is 0 Å². The second-order valence-corrected chi connectivity index (χ2v) is 8.65. The normalized spacial score (nSPS) is 18.0. The number of amides is 2. The van der Waals surface area contributed by atoms with Gasteiger partial charge in [-0.05, 0) is 49.9 Å². The molecule has 2 N–H and O–H groups in total. The van der Waals surface area contributed by atoms with E-state index < -0.39 is 5.82 Å². The first kappa shape index (κ1) is 22.0. The summed E-state index contributed by atoms with van der Waals surface area (Å²) < 4.78 is 19.1. The van der Waals surface area contributed by atoms with Crippen LogP contribution in [0.1, 0.15) is 51.5 Å². The molecule has 3 aromatic rings. The molecule has 0 saturated heterocycles. The standard InChI is InChI=1S/C24H24FN3O3S/c25-19-8-4-5-9-21(19)31-14-22-28-20(15-32-22)24(30)27-18-12-10-17(11-13-18)26-23(29)16-6-2-1-3-7-16/h1-9,15,17-18H,10-14H2,(H,26,29)(H,27,30). The van der Waals surface area contributed by atoms with Crippen molar-refractivity contribution in [3.63, 3.8) is 0 Å². The first-order chi connectivity index (χ1) is 15.6. The maximum absolute atomic E-state index is 13.6.